The molecule has 19 heavy (non-hydrogen) atoms. The first-order valence-electron chi connectivity index (χ1n) is 5.72. The maximum atomic E-state index is 12.0. The van der Waals surface area contributed by atoms with Crippen LogP contribution in [0.2, 0.25) is 0 Å². The Bertz CT molecular complexity index is 611. The van der Waals surface area contributed by atoms with E-state index in [2.05, 4.69) is 20.3 Å². The van der Waals surface area contributed by atoms with Crippen molar-refractivity contribution in [3.05, 3.63) is 30.0 Å². The van der Waals surface area contributed by atoms with Gasteiger partial charge in [0.25, 0.3) is 5.91 Å². The summed E-state index contributed by atoms with van der Waals surface area (Å²) in [6.07, 6.45) is -0.731. The first-order valence-corrected chi connectivity index (χ1v) is 5.72. The topological polar surface area (TPSA) is 86.5 Å². The van der Waals surface area contributed by atoms with Crippen LogP contribution in [0, 0.1) is 6.92 Å². The summed E-state index contributed by atoms with van der Waals surface area (Å²) in [6, 6.07) is 7.19. The molecule has 1 amide bonds. The number of amides is 1. The molecule has 1 aromatic heterocycles. The molecule has 98 valence electrons. The largest absolute Gasteiger partial charge is 0.485 e. The highest BCUT2D eigenvalue weighted by Gasteiger charge is 2.28. The van der Waals surface area contributed by atoms with Crippen LogP contribution in [0.25, 0.3) is 0 Å². The molecule has 1 aromatic carbocycles. The lowest BCUT2D eigenvalue weighted by molar-refractivity contribution is -0.125. The van der Waals surface area contributed by atoms with Crippen LogP contribution in [0.4, 0.5) is 5.82 Å². The minimum absolute atomic E-state index is 0.146. The van der Waals surface area contributed by atoms with Crippen molar-refractivity contribution in [3.8, 4) is 11.5 Å². The summed E-state index contributed by atoms with van der Waals surface area (Å²) in [5.74, 6) is 1.11. The summed E-state index contributed by atoms with van der Waals surface area (Å²) >= 11 is 0. The second-order valence-corrected chi connectivity index (χ2v) is 4.05. The smallest absolute Gasteiger partial charge is 0.270 e. The minimum atomic E-state index is -0.731. The molecule has 1 unspecified atom stereocenters. The maximum Gasteiger partial charge on any atom is 0.270 e. The number of para-hydroxylation sites is 2. The first kappa shape index (κ1) is 11.5. The lowest BCUT2D eigenvalue weighted by atomic mass is 10.2. The van der Waals surface area contributed by atoms with Gasteiger partial charge in [-0.1, -0.05) is 17.3 Å². The molecule has 1 aliphatic rings. The van der Waals surface area contributed by atoms with Crippen molar-refractivity contribution in [2.45, 2.75) is 13.0 Å². The molecular formula is C12H11N3O4. The number of hydrogen-bond donors (Lipinski definition) is 1. The molecule has 2 heterocycles. The molecule has 7 nitrogen and oxygen atoms in total. The molecule has 0 spiro atoms. The average molecular weight is 261 g/mol. The quantitative estimate of drug-likeness (QED) is 0.872. The summed E-state index contributed by atoms with van der Waals surface area (Å²) in [5.41, 5.74) is 0.505. The number of aromatic nitrogens is 2. The summed E-state index contributed by atoms with van der Waals surface area (Å²) in [4.78, 5) is 12.0. The molecule has 1 atom stereocenters. The third-order valence-corrected chi connectivity index (χ3v) is 2.70. The van der Waals surface area contributed by atoms with Gasteiger partial charge in [0.15, 0.2) is 17.3 Å². The Hall–Kier alpha value is -2.57. The Labute approximate surface area is 108 Å². The Morgan fingerprint density at radius 2 is 2.11 bits per heavy atom. The molecule has 7 heteroatoms. The number of rotatable bonds is 2. The molecule has 0 fully saturated rings. The standard InChI is InChI=1S/C12H11N3O4/c1-7-11(15-19-14-7)13-12(16)10-6-17-8-4-2-3-5-9(8)18-10/h2-5,10H,6H2,1H3,(H,13,15,16). The van der Waals surface area contributed by atoms with Crippen molar-refractivity contribution >= 4 is 11.7 Å². The van der Waals surface area contributed by atoms with Gasteiger partial charge in [-0.3, -0.25) is 4.79 Å². The van der Waals surface area contributed by atoms with E-state index >= 15 is 0 Å². The molecule has 1 aliphatic heterocycles. The third-order valence-electron chi connectivity index (χ3n) is 2.70. The zero-order valence-corrected chi connectivity index (χ0v) is 10.1. The average Bonchev–Trinajstić information content (AvgIpc) is 2.84. The fourth-order valence-corrected chi connectivity index (χ4v) is 1.69. The number of fused-ring (bicyclic) bond motifs is 1. The number of nitrogens with zero attached hydrogens (tertiary/aromatic N) is 2. The van der Waals surface area contributed by atoms with Gasteiger partial charge in [0, 0.05) is 0 Å². The van der Waals surface area contributed by atoms with E-state index in [1.165, 1.54) is 0 Å². The Morgan fingerprint density at radius 3 is 2.84 bits per heavy atom. The van der Waals surface area contributed by atoms with Crippen LogP contribution < -0.4 is 14.8 Å². The molecule has 0 bridgehead atoms. The Balaban J connectivity index is 1.71. The van der Waals surface area contributed by atoms with Crippen molar-refractivity contribution in [1.29, 1.82) is 0 Å². The van der Waals surface area contributed by atoms with E-state index in [0.29, 0.717) is 17.2 Å². The molecule has 2 aromatic rings. The molecule has 1 N–H and O–H groups in total. The maximum absolute atomic E-state index is 12.0. The molecule has 0 aliphatic carbocycles. The van der Waals surface area contributed by atoms with E-state index in [-0.39, 0.29) is 18.3 Å². The van der Waals surface area contributed by atoms with Crippen LogP contribution in [-0.2, 0) is 4.79 Å². The number of ether oxygens (including phenoxy) is 2. The van der Waals surface area contributed by atoms with Gasteiger partial charge in [-0.2, -0.15) is 0 Å². The van der Waals surface area contributed by atoms with E-state index in [9.17, 15) is 4.79 Å². The highest BCUT2D eigenvalue weighted by Crippen LogP contribution is 2.31. The number of anilines is 1. The van der Waals surface area contributed by atoms with Crippen molar-refractivity contribution < 1.29 is 18.9 Å². The van der Waals surface area contributed by atoms with Gasteiger partial charge in [-0.15, -0.1) is 0 Å². The normalized spacial score (nSPS) is 17.0. The summed E-state index contributed by atoms with van der Waals surface area (Å²) < 4.78 is 15.5. The van der Waals surface area contributed by atoms with Gasteiger partial charge in [0.2, 0.25) is 6.10 Å². The van der Waals surface area contributed by atoms with Crippen LogP contribution in [0.15, 0.2) is 28.9 Å². The van der Waals surface area contributed by atoms with Gasteiger partial charge < -0.3 is 14.8 Å². The fourth-order valence-electron chi connectivity index (χ4n) is 1.69. The van der Waals surface area contributed by atoms with Crippen molar-refractivity contribution in [3.63, 3.8) is 0 Å². The highest BCUT2D eigenvalue weighted by molar-refractivity contribution is 5.94. The van der Waals surface area contributed by atoms with Crippen molar-refractivity contribution in [1.82, 2.24) is 10.3 Å². The summed E-state index contributed by atoms with van der Waals surface area (Å²) in [7, 11) is 0. The number of carbonyl (C=O) groups excluding carboxylic acids is 1. The highest BCUT2D eigenvalue weighted by atomic mass is 16.6. The fraction of sp³-hybridized carbons (Fsp3) is 0.250. The summed E-state index contributed by atoms with van der Waals surface area (Å²) in [6.45, 7) is 1.83. The molecule has 3 rings (SSSR count). The van der Waals surface area contributed by atoms with Crippen LogP contribution in [0.3, 0.4) is 0 Å². The van der Waals surface area contributed by atoms with E-state index < -0.39 is 6.10 Å². The molecule has 0 radical (unpaired) electrons. The number of aryl methyl sites for hydroxylation is 1. The SMILES string of the molecule is Cc1nonc1NC(=O)C1COc2ccccc2O1. The number of carbonyl (C=O) groups is 1. The first-order chi connectivity index (χ1) is 9.24. The second-order valence-electron chi connectivity index (χ2n) is 4.05. The minimum Gasteiger partial charge on any atom is -0.485 e. The van der Waals surface area contributed by atoms with Gasteiger partial charge in [-0.25, -0.2) is 4.63 Å². The van der Waals surface area contributed by atoms with Crippen molar-refractivity contribution in [2.24, 2.45) is 0 Å². The van der Waals surface area contributed by atoms with Gasteiger partial charge in [0.05, 0.1) is 0 Å². The second kappa shape index (κ2) is 4.60. The monoisotopic (exact) mass is 261 g/mol. The van der Waals surface area contributed by atoms with Crippen LogP contribution in [0.1, 0.15) is 5.69 Å². The lowest BCUT2D eigenvalue weighted by Gasteiger charge is -2.25. The van der Waals surface area contributed by atoms with E-state index in [0.717, 1.165) is 0 Å². The zero-order valence-electron chi connectivity index (χ0n) is 10.1. The zero-order chi connectivity index (χ0) is 13.2. The molecular weight excluding hydrogens is 250 g/mol. The Morgan fingerprint density at radius 1 is 1.32 bits per heavy atom. The van der Waals surface area contributed by atoms with Gasteiger partial charge in [-0.05, 0) is 24.2 Å². The predicted octanol–water partition coefficient (Wildman–Crippen LogP) is 1.16. The van der Waals surface area contributed by atoms with Gasteiger partial charge in [0.1, 0.15) is 12.3 Å². The van der Waals surface area contributed by atoms with Crippen LogP contribution in [0.5, 0.6) is 11.5 Å². The van der Waals surface area contributed by atoms with Crippen molar-refractivity contribution in [2.75, 3.05) is 11.9 Å². The van der Waals surface area contributed by atoms with Crippen LogP contribution >= 0.6 is 0 Å². The number of nitrogens with one attached hydrogen (secondary N) is 1. The summed E-state index contributed by atoms with van der Waals surface area (Å²) in [5, 5.41) is 9.74. The lowest BCUT2D eigenvalue weighted by Crippen LogP contribution is -2.40. The Kier molecular flexibility index (Phi) is 2.79. The predicted molar refractivity (Wildman–Crippen MR) is 64.0 cm³/mol. The van der Waals surface area contributed by atoms with E-state index in [4.69, 9.17) is 9.47 Å². The molecule has 0 saturated carbocycles. The number of hydrogen-bond acceptors (Lipinski definition) is 6. The molecule has 0 saturated heterocycles. The third kappa shape index (κ3) is 2.22. The van der Waals surface area contributed by atoms with E-state index in [1.807, 2.05) is 12.1 Å². The number of benzene rings is 1. The van der Waals surface area contributed by atoms with E-state index in [1.54, 1.807) is 19.1 Å². The van der Waals surface area contributed by atoms with Crippen LogP contribution in [-0.4, -0.2) is 28.9 Å². The van der Waals surface area contributed by atoms with Gasteiger partial charge >= 0.3 is 0 Å².